The van der Waals surface area contributed by atoms with Crippen LogP contribution in [0, 0.1) is 13.8 Å². The third-order valence-electron chi connectivity index (χ3n) is 3.53. The number of anilines is 1. The molecule has 0 radical (unpaired) electrons. The second kappa shape index (κ2) is 9.59. The molecule has 0 aliphatic heterocycles. The highest BCUT2D eigenvalue weighted by atomic mass is 32.2. The lowest BCUT2D eigenvalue weighted by atomic mass is 10.1. The van der Waals surface area contributed by atoms with E-state index in [-0.39, 0.29) is 11.7 Å². The molecule has 28 heavy (non-hydrogen) atoms. The van der Waals surface area contributed by atoms with Crippen molar-refractivity contribution >= 4 is 29.4 Å². The Hall–Kier alpha value is -2.55. The summed E-state index contributed by atoms with van der Waals surface area (Å²) < 4.78 is 10.6. The first-order chi connectivity index (χ1) is 13.1. The van der Waals surface area contributed by atoms with Crippen LogP contribution in [0.5, 0.6) is 0 Å². The number of hydrogen-bond acceptors (Lipinski definition) is 7. The van der Waals surface area contributed by atoms with E-state index in [9.17, 15) is 9.59 Å². The second-order valence-electron chi connectivity index (χ2n) is 7.24. The number of carbonyl (C=O) groups is 2. The van der Waals surface area contributed by atoms with Crippen molar-refractivity contribution in [3.8, 4) is 0 Å². The van der Waals surface area contributed by atoms with Crippen molar-refractivity contribution in [1.29, 1.82) is 0 Å². The number of alkyl carbamates (subject to hydrolysis) is 1. The summed E-state index contributed by atoms with van der Waals surface area (Å²) in [5.74, 6) is 0.397. The Kier molecular flexibility index (Phi) is 7.45. The summed E-state index contributed by atoms with van der Waals surface area (Å²) in [6.07, 6.45) is -0.119. The van der Waals surface area contributed by atoms with Crippen LogP contribution in [0.2, 0.25) is 0 Å². The standard InChI is InChI=1S/C19H26N4O4S/c1-12-7-6-8-13(2)16(12)21-14(24)11-28-18-23-22-15(26-18)9-10-20-17(25)27-19(3,4)5/h6-8H,9-11H2,1-5H3,(H,20,25)(H,21,24). The number of para-hydroxylation sites is 1. The number of amides is 2. The van der Waals surface area contributed by atoms with Gasteiger partial charge in [-0.15, -0.1) is 10.2 Å². The molecule has 0 aliphatic rings. The average Bonchev–Trinajstić information content (AvgIpc) is 3.03. The summed E-state index contributed by atoms with van der Waals surface area (Å²) in [6, 6.07) is 5.85. The van der Waals surface area contributed by atoms with E-state index in [1.807, 2.05) is 32.0 Å². The lowest BCUT2D eigenvalue weighted by Crippen LogP contribution is -2.33. The minimum atomic E-state index is -0.546. The fourth-order valence-electron chi connectivity index (χ4n) is 2.30. The number of thioether (sulfide) groups is 1. The number of nitrogens with one attached hydrogen (secondary N) is 2. The van der Waals surface area contributed by atoms with Gasteiger partial charge in [0, 0.05) is 18.7 Å². The van der Waals surface area contributed by atoms with E-state index in [0.717, 1.165) is 28.6 Å². The predicted molar refractivity (Wildman–Crippen MR) is 108 cm³/mol. The first kappa shape index (κ1) is 21.7. The van der Waals surface area contributed by atoms with Crippen LogP contribution in [-0.2, 0) is 16.0 Å². The molecule has 152 valence electrons. The highest BCUT2D eigenvalue weighted by Crippen LogP contribution is 2.21. The van der Waals surface area contributed by atoms with Gasteiger partial charge in [0.25, 0.3) is 5.22 Å². The quantitative estimate of drug-likeness (QED) is 0.678. The van der Waals surface area contributed by atoms with Gasteiger partial charge < -0.3 is 19.8 Å². The molecule has 0 atom stereocenters. The van der Waals surface area contributed by atoms with Gasteiger partial charge in [0.1, 0.15) is 5.60 Å². The maximum atomic E-state index is 12.2. The molecule has 2 N–H and O–H groups in total. The highest BCUT2D eigenvalue weighted by Gasteiger charge is 2.16. The first-order valence-corrected chi connectivity index (χ1v) is 9.91. The van der Waals surface area contributed by atoms with Gasteiger partial charge in [0.05, 0.1) is 5.75 Å². The number of nitrogens with zero attached hydrogens (tertiary/aromatic N) is 2. The predicted octanol–water partition coefficient (Wildman–Crippen LogP) is 3.48. The Morgan fingerprint density at radius 2 is 1.86 bits per heavy atom. The molecule has 2 amide bonds. The molecule has 0 fully saturated rings. The molecule has 0 unspecified atom stereocenters. The number of rotatable bonds is 7. The molecular formula is C19H26N4O4S. The molecule has 2 aromatic rings. The first-order valence-electron chi connectivity index (χ1n) is 8.92. The lowest BCUT2D eigenvalue weighted by molar-refractivity contribution is -0.113. The van der Waals surface area contributed by atoms with Gasteiger partial charge in [-0.1, -0.05) is 30.0 Å². The van der Waals surface area contributed by atoms with Crippen molar-refractivity contribution in [3.05, 3.63) is 35.2 Å². The van der Waals surface area contributed by atoms with Crippen molar-refractivity contribution < 1.29 is 18.7 Å². The summed E-state index contributed by atoms with van der Waals surface area (Å²) in [7, 11) is 0. The maximum absolute atomic E-state index is 12.2. The summed E-state index contributed by atoms with van der Waals surface area (Å²) in [6.45, 7) is 9.60. The largest absolute Gasteiger partial charge is 0.444 e. The Balaban J connectivity index is 1.75. The van der Waals surface area contributed by atoms with Gasteiger partial charge in [-0.2, -0.15) is 0 Å². The number of aryl methyl sites for hydroxylation is 2. The average molecular weight is 407 g/mol. The molecule has 0 bridgehead atoms. The Morgan fingerprint density at radius 1 is 1.18 bits per heavy atom. The third-order valence-corrected chi connectivity index (χ3v) is 4.35. The van der Waals surface area contributed by atoms with Gasteiger partial charge in [-0.25, -0.2) is 4.79 Å². The van der Waals surface area contributed by atoms with Gasteiger partial charge in [-0.3, -0.25) is 4.79 Å². The molecule has 8 nitrogen and oxygen atoms in total. The third kappa shape index (κ3) is 7.22. The Labute approximate surface area is 168 Å². The lowest BCUT2D eigenvalue weighted by Gasteiger charge is -2.19. The topological polar surface area (TPSA) is 106 Å². The molecule has 1 aromatic carbocycles. The number of carbonyl (C=O) groups excluding carboxylic acids is 2. The monoisotopic (exact) mass is 406 g/mol. The van der Waals surface area contributed by atoms with Gasteiger partial charge in [-0.05, 0) is 45.7 Å². The normalized spacial score (nSPS) is 11.2. The van der Waals surface area contributed by atoms with Crippen LogP contribution < -0.4 is 10.6 Å². The number of hydrogen-bond donors (Lipinski definition) is 2. The zero-order valence-electron chi connectivity index (χ0n) is 16.8. The number of aromatic nitrogens is 2. The minimum Gasteiger partial charge on any atom is -0.444 e. The van der Waals surface area contributed by atoms with Gasteiger partial charge >= 0.3 is 6.09 Å². The summed E-state index contributed by atoms with van der Waals surface area (Å²) in [5, 5.41) is 13.7. The molecule has 2 rings (SSSR count). The van der Waals surface area contributed by atoms with E-state index in [4.69, 9.17) is 9.15 Å². The number of benzene rings is 1. The Morgan fingerprint density at radius 3 is 2.50 bits per heavy atom. The van der Waals surface area contributed by atoms with E-state index >= 15 is 0 Å². The van der Waals surface area contributed by atoms with E-state index in [1.54, 1.807) is 20.8 Å². The van der Waals surface area contributed by atoms with Crippen LogP contribution in [0.15, 0.2) is 27.8 Å². The van der Waals surface area contributed by atoms with Crippen molar-refractivity contribution in [2.24, 2.45) is 0 Å². The number of ether oxygens (including phenoxy) is 1. The van der Waals surface area contributed by atoms with Crippen LogP contribution in [-0.4, -0.2) is 40.1 Å². The highest BCUT2D eigenvalue weighted by molar-refractivity contribution is 7.99. The van der Waals surface area contributed by atoms with E-state index < -0.39 is 11.7 Å². The van der Waals surface area contributed by atoms with Crippen molar-refractivity contribution in [2.45, 2.75) is 51.9 Å². The zero-order chi connectivity index (χ0) is 20.7. The van der Waals surface area contributed by atoms with Crippen LogP contribution in [0.25, 0.3) is 0 Å². The smallest absolute Gasteiger partial charge is 0.407 e. The summed E-state index contributed by atoms with van der Waals surface area (Å²) >= 11 is 1.16. The molecule has 9 heteroatoms. The van der Waals surface area contributed by atoms with Crippen molar-refractivity contribution in [3.63, 3.8) is 0 Å². The van der Waals surface area contributed by atoms with Crippen LogP contribution in [0.3, 0.4) is 0 Å². The van der Waals surface area contributed by atoms with Gasteiger partial charge in [0.15, 0.2) is 0 Å². The Bertz CT molecular complexity index is 809. The summed E-state index contributed by atoms with van der Waals surface area (Å²) in [4.78, 5) is 23.8. The minimum absolute atomic E-state index is 0.145. The van der Waals surface area contributed by atoms with Crippen LogP contribution in [0.4, 0.5) is 10.5 Å². The second-order valence-corrected chi connectivity index (χ2v) is 8.17. The van der Waals surface area contributed by atoms with Crippen molar-refractivity contribution in [1.82, 2.24) is 15.5 Å². The molecule has 0 aliphatic carbocycles. The van der Waals surface area contributed by atoms with Crippen molar-refractivity contribution in [2.75, 3.05) is 17.6 Å². The van der Waals surface area contributed by atoms with E-state index in [0.29, 0.717) is 24.1 Å². The zero-order valence-corrected chi connectivity index (χ0v) is 17.6. The molecular weight excluding hydrogens is 380 g/mol. The van der Waals surface area contributed by atoms with Crippen LogP contribution in [0.1, 0.15) is 37.8 Å². The fourth-order valence-corrected chi connectivity index (χ4v) is 2.88. The van der Waals surface area contributed by atoms with Gasteiger partial charge in [0.2, 0.25) is 11.8 Å². The molecule has 0 saturated carbocycles. The van der Waals surface area contributed by atoms with Crippen LogP contribution >= 0.6 is 11.8 Å². The fraction of sp³-hybridized carbons (Fsp3) is 0.474. The molecule has 0 saturated heterocycles. The van der Waals surface area contributed by atoms with E-state index in [1.165, 1.54) is 0 Å². The summed E-state index contributed by atoms with van der Waals surface area (Å²) in [5.41, 5.74) is 2.30. The molecule has 1 heterocycles. The maximum Gasteiger partial charge on any atom is 0.407 e. The van der Waals surface area contributed by atoms with E-state index in [2.05, 4.69) is 20.8 Å². The SMILES string of the molecule is Cc1cccc(C)c1NC(=O)CSc1nnc(CCNC(=O)OC(C)(C)C)o1. The molecule has 0 spiro atoms. The molecule has 1 aromatic heterocycles.